The summed E-state index contributed by atoms with van der Waals surface area (Å²) in [6.07, 6.45) is 3.11. The zero-order chi connectivity index (χ0) is 19.7. The van der Waals surface area contributed by atoms with Crippen LogP contribution >= 0.6 is 11.6 Å². The summed E-state index contributed by atoms with van der Waals surface area (Å²) in [7, 11) is 0. The monoisotopic (exact) mass is 397 g/mol. The number of benzene rings is 1. The third-order valence-corrected chi connectivity index (χ3v) is 4.49. The Hall–Kier alpha value is -3.39. The molecule has 0 atom stereocenters. The van der Waals surface area contributed by atoms with Crippen LogP contribution in [0.4, 0.5) is 0 Å². The normalized spacial score (nSPS) is 11.1. The molecule has 0 bridgehead atoms. The third-order valence-electron chi connectivity index (χ3n) is 4.25. The highest BCUT2D eigenvalue weighted by molar-refractivity contribution is 6.30. The largest absolute Gasteiger partial charge is 0.467 e. The van der Waals surface area contributed by atoms with Crippen LogP contribution in [0.2, 0.25) is 5.02 Å². The predicted molar refractivity (Wildman–Crippen MR) is 103 cm³/mol. The van der Waals surface area contributed by atoms with E-state index in [1.807, 2.05) is 0 Å². The number of carbonyl (C=O) groups excluding carboxylic acids is 1. The number of carbonyl (C=O) groups is 1. The highest BCUT2D eigenvalue weighted by atomic mass is 35.5. The van der Waals surface area contributed by atoms with Gasteiger partial charge in [0, 0.05) is 10.4 Å². The molecule has 0 aliphatic heterocycles. The van der Waals surface area contributed by atoms with E-state index in [2.05, 4.69) is 15.5 Å². The number of aromatic nitrogens is 4. The van der Waals surface area contributed by atoms with Crippen molar-refractivity contribution in [3.05, 3.63) is 75.7 Å². The zero-order valence-electron chi connectivity index (χ0n) is 14.9. The second kappa shape index (κ2) is 7.32. The smallest absolute Gasteiger partial charge is 0.293 e. The van der Waals surface area contributed by atoms with Crippen LogP contribution in [0.5, 0.6) is 0 Å². The van der Waals surface area contributed by atoms with E-state index in [4.69, 9.17) is 16.0 Å². The van der Waals surface area contributed by atoms with E-state index in [9.17, 15) is 9.59 Å². The summed E-state index contributed by atoms with van der Waals surface area (Å²) in [5.74, 6) is 0.276. The van der Waals surface area contributed by atoms with Crippen molar-refractivity contribution in [2.45, 2.75) is 20.0 Å². The molecule has 28 heavy (non-hydrogen) atoms. The maximum Gasteiger partial charge on any atom is 0.293 e. The SMILES string of the molecule is Cc1nn(CC(=O)NCc2ccco2)c(=O)c2c1cnn2-c1cccc(Cl)c1. The van der Waals surface area contributed by atoms with Crippen LogP contribution in [0.3, 0.4) is 0 Å². The van der Waals surface area contributed by atoms with Crippen molar-refractivity contribution >= 4 is 28.4 Å². The minimum absolute atomic E-state index is 0.211. The molecule has 0 radical (unpaired) electrons. The molecule has 0 spiro atoms. The van der Waals surface area contributed by atoms with Crippen LogP contribution in [0.1, 0.15) is 11.5 Å². The van der Waals surface area contributed by atoms with Gasteiger partial charge in [-0.1, -0.05) is 17.7 Å². The van der Waals surface area contributed by atoms with Crippen molar-refractivity contribution in [3.8, 4) is 5.69 Å². The van der Waals surface area contributed by atoms with Crippen molar-refractivity contribution in [2.75, 3.05) is 0 Å². The van der Waals surface area contributed by atoms with E-state index in [0.717, 1.165) is 4.68 Å². The number of hydrogen-bond donors (Lipinski definition) is 1. The Labute approximate surface area is 164 Å². The number of amides is 1. The summed E-state index contributed by atoms with van der Waals surface area (Å²) in [5, 5.41) is 12.4. The van der Waals surface area contributed by atoms with Crippen molar-refractivity contribution < 1.29 is 9.21 Å². The zero-order valence-corrected chi connectivity index (χ0v) is 15.7. The number of furan rings is 1. The summed E-state index contributed by atoms with van der Waals surface area (Å²) in [6.45, 7) is 1.79. The first-order chi connectivity index (χ1) is 13.5. The molecule has 3 aromatic heterocycles. The summed E-state index contributed by atoms with van der Waals surface area (Å²) < 4.78 is 7.82. The quantitative estimate of drug-likeness (QED) is 0.558. The fourth-order valence-corrected chi connectivity index (χ4v) is 3.11. The first kappa shape index (κ1) is 18.0. The maximum atomic E-state index is 13.0. The van der Waals surface area contributed by atoms with Gasteiger partial charge in [-0.15, -0.1) is 0 Å². The van der Waals surface area contributed by atoms with E-state index >= 15 is 0 Å². The maximum absolute atomic E-state index is 13.0. The third kappa shape index (κ3) is 3.41. The lowest BCUT2D eigenvalue weighted by Gasteiger charge is -2.09. The molecule has 0 fully saturated rings. The van der Waals surface area contributed by atoms with Crippen LogP contribution in [0, 0.1) is 6.92 Å². The van der Waals surface area contributed by atoms with E-state index < -0.39 is 5.56 Å². The molecule has 0 aliphatic rings. The van der Waals surface area contributed by atoms with E-state index in [1.54, 1.807) is 49.5 Å². The fourth-order valence-electron chi connectivity index (χ4n) is 2.92. The molecule has 8 nitrogen and oxygen atoms in total. The summed E-state index contributed by atoms with van der Waals surface area (Å²) >= 11 is 6.06. The van der Waals surface area contributed by atoms with E-state index in [1.165, 1.54) is 10.9 Å². The van der Waals surface area contributed by atoms with Gasteiger partial charge in [0.25, 0.3) is 5.56 Å². The van der Waals surface area contributed by atoms with Gasteiger partial charge in [-0.2, -0.15) is 10.2 Å². The minimum atomic E-state index is -0.411. The second-order valence-electron chi connectivity index (χ2n) is 6.20. The Kier molecular flexibility index (Phi) is 4.70. The number of aryl methyl sites for hydroxylation is 1. The van der Waals surface area contributed by atoms with Gasteiger partial charge < -0.3 is 9.73 Å². The van der Waals surface area contributed by atoms with E-state index in [0.29, 0.717) is 33.1 Å². The molecule has 1 N–H and O–H groups in total. The van der Waals surface area contributed by atoms with Crippen LogP contribution in [0.25, 0.3) is 16.6 Å². The standard InChI is InChI=1S/C19H16ClN5O3/c1-12-16-10-22-25(14-5-2-4-13(20)8-14)18(16)19(27)24(23-12)11-17(26)21-9-15-6-3-7-28-15/h2-8,10H,9,11H2,1H3,(H,21,26). The molecule has 0 saturated heterocycles. The molecule has 3 heterocycles. The number of fused-ring (bicyclic) bond motifs is 1. The molecule has 142 valence electrons. The summed E-state index contributed by atoms with van der Waals surface area (Å²) in [4.78, 5) is 25.3. The molecule has 4 rings (SSSR count). The average molecular weight is 398 g/mol. The number of hydrogen-bond acceptors (Lipinski definition) is 5. The minimum Gasteiger partial charge on any atom is -0.467 e. The Balaban J connectivity index is 1.68. The van der Waals surface area contributed by atoms with Gasteiger partial charge in [0.2, 0.25) is 5.91 Å². The lowest BCUT2D eigenvalue weighted by Crippen LogP contribution is -2.34. The second-order valence-corrected chi connectivity index (χ2v) is 6.64. The number of nitrogens with zero attached hydrogens (tertiary/aromatic N) is 4. The highest BCUT2D eigenvalue weighted by Crippen LogP contribution is 2.19. The molecule has 0 aliphatic carbocycles. The fraction of sp³-hybridized carbons (Fsp3) is 0.158. The molecule has 9 heteroatoms. The van der Waals surface area contributed by atoms with Crippen molar-refractivity contribution in [1.29, 1.82) is 0 Å². The predicted octanol–water partition coefficient (Wildman–Crippen LogP) is 2.45. The van der Waals surface area contributed by atoms with Crippen molar-refractivity contribution in [3.63, 3.8) is 0 Å². The molecule has 4 aromatic rings. The molecule has 1 aromatic carbocycles. The number of halogens is 1. The lowest BCUT2D eigenvalue weighted by atomic mass is 10.2. The van der Waals surface area contributed by atoms with Gasteiger partial charge in [0.05, 0.1) is 30.4 Å². The van der Waals surface area contributed by atoms with Gasteiger partial charge >= 0.3 is 0 Å². The Morgan fingerprint density at radius 1 is 1.29 bits per heavy atom. The molecule has 0 saturated carbocycles. The molecule has 1 amide bonds. The Morgan fingerprint density at radius 2 is 2.14 bits per heavy atom. The van der Waals surface area contributed by atoms with E-state index in [-0.39, 0.29) is 19.0 Å². The summed E-state index contributed by atoms with van der Waals surface area (Å²) in [6, 6.07) is 10.5. The molecular weight excluding hydrogens is 382 g/mol. The van der Waals surface area contributed by atoms with Gasteiger partial charge in [0.15, 0.2) is 0 Å². The Bertz CT molecular complexity index is 1210. The number of rotatable bonds is 5. The van der Waals surface area contributed by atoms with Gasteiger partial charge in [-0.3, -0.25) is 9.59 Å². The van der Waals surface area contributed by atoms with Gasteiger partial charge in [-0.25, -0.2) is 9.36 Å². The highest BCUT2D eigenvalue weighted by Gasteiger charge is 2.16. The summed E-state index contributed by atoms with van der Waals surface area (Å²) in [5.41, 5.74) is 1.18. The van der Waals surface area contributed by atoms with Crippen LogP contribution < -0.4 is 10.9 Å². The van der Waals surface area contributed by atoms with Crippen LogP contribution in [-0.4, -0.2) is 25.5 Å². The molecule has 0 unspecified atom stereocenters. The first-order valence-electron chi connectivity index (χ1n) is 8.53. The van der Waals surface area contributed by atoms with Crippen molar-refractivity contribution in [1.82, 2.24) is 24.9 Å². The Morgan fingerprint density at radius 3 is 2.89 bits per heavy atom. The lowest BCUT2D eigenvalue weighted by molar-refractivity contribution is -0.122. The van der Waals surface area contributed by atoms with Gasteiger partial charge in [-0.05, 0) is 37.3 Å². The van der Waals surface area contributed by atoms with Crippen LogP contribution in [-0.2, 0) is 17.9 Å². The van der Waals surface area contributed by atoms with Crippen LogP contribution in [0.15, 0.2) is 58.1 Å². The van der Waals surface area contributed by atoms with Gasteiger partial charge in [0.1, 0.15) is 17.8 Å². The topological polar surface area (TPSA) is 94.9 Å². The average Bonchev–Trinajstić information content (AvgIpc) is 3.34. The first-order valence-corrected chi connectivity index (χ1v) is 8.91. The molecular formula is C19H16ClN5O3. The van der Waals surface area contributed by atoms with Crippen molar-refractivity contribution in [2.24, 2.45) is 0 Å². The number of nitrogens with one attached hydrogen (secondary N) is 1.